The van der Waals surface area contributed by atoms with E-state index in [0.29, 0.717) is 18.1 Å². The van der Waals surface area contributed by atoms with Crippen molar-refractivity contribution in [3.05, 3.63) is 0 Å². The summed E-state index contributed by atoms with van der Waals surface area (Å²) in [7, 11) is 0. The molecule has 90 valence electrons. The molecule has 0 spiro atoms. The highest BCUT2D eigenvalue weighted by Crippen LogP contribution is 2.18. The Morgan fingerprint density at radius 3 is 2.47 bits per heavy atom. The van der Waals surface area contributed by atoms with Crippen molar-refractivity contribution in [2.45, 2.75) is 77.4 Å². The number of nitrogens with one attached hydrogen (secondary N) is 1. The van der Waals surface area contributed by atoms with Gasteiger partial charge in [0.15, 0.2) is 0 Å². The molecule has 1 saturated carbocycles. The highest BCUT2D eigenvalue weighted by molar-refractivity contribution is 4.84. The van der Waals surface area contributed by atoms with Crippen molar-refractivity contribution in [1.29, 1.82) is 0 Å². The predicted octanol–water partition coefficient (Wildman–Crippen LogP) is 2.67. The molecule has 15 heavy (non-hydrogen) atoms. The van der Waals surface area contributed by atoms with E-state index in [9.17, 15) is 0 Å². The molecule has 2 nitrogen and oxygen atoms in total. The van der Waals surface area contributed by atoms with Crippen LogP contribution in [-0.2, 0) is 0 Å². The quantitative estimate of drug-likeness (QED) is 0.710. The van der Waals surface area contributed by atoms with Crippen molar-refractivity contribution in [3.8, 4) is 0 Å². The Hall–Kier alpha value is -0.0800. The van der Waals surface area contributed by atoms with E-state index < -0.39 is 0 Å². The second-order valence-corrected chi connectivity index (χ2v) is 5.66. The smallest absolute Gasteiger partial charge is 0.00848 e. The zero-order valence-electron chi connectivity index (χ0n) is 10.6. The molecule has 0 aromatic carbocycles. The molecule has 1 aliphatic rings. The fourth-order valence-electron chi connectivity index (χ4n) is 2.49. The van der Waals surface area contributed by atoms with Crippen LogP contribution in [0.5, 0.6) is 0 Å². The molecule has 0 aliphatic heterocycles. The molecule has 0 heterocycles. The third kappa shape index (κ3) is 5.53. The first-order valence-corrected chi connectivity index (χ1v) is 6.59. The second-order valence-electron chi connectivity index (χ2n) is 5.66. The fourth-order valence-corrected chi connectivity index (χ4v) is 2.49. The van der Waals surface area contributed by atoms with Crippen molar-refractivity contribution in [1.82, 2.24) is 5.32 Å². The summed E-state index contributed by atoms with van der Waals surface area (Å²) in [5.41, 5.74) is 5.90. The minimum absolute atomic E-state index is 0.449. The van der Waals surface area contributed by atoms with Crippen LogP contribution < -0.4 is 11.1 Å². The summed E-state index contributed by atoms with van der Waals surface area (Å²) >= 11 is 0. The summed E-state index contributed by atoms with van der Waals surface area (Å²) in [5.74, 6) is 0.845. The van der Waals surface area contributed by atoms with Gasteiger partial charge in [-0.1, -0.05) is 26.7 Å². The van der Waals surface area contributed by atoms with Crippen LogP contribution in [0.15, 0.2) is 0 Å². The molecule has 0 saturated heterocycles. The Balaban J connectivity index is 2.05. The number of rotatable bonds is 6. The molecule has 3 unspecified atom stereocenters. The second kappa shape index (κ2) is 6.49. The SMILES string of the molecule is CC(C)CCCC(C)NC1CCC(N)C1. The van der Waals surface area contributed by atoms with E-state index in [2.05, 4.69) is 26.1 Å². The molecule has 1 fully saturated rings. The zero-order valence-corrected chi connectivity index (χ0v) is 10.6. The van der Waals surface area contributed by atoms with Crippen LogP contribution in [0.1, 0.15) is 59.3 Å². The molecule has 0 aromatic rings. The number of nitrogens with two attached hydrogens (primary N) is 1. The minimum Gasteiger partial charge on any atom is -0.328 e. The normalized spacial score (nSPS) is 28.6. The topological polar surface area (TPSA) is 38.0 Å². The molecule has 2 heteroatoms. The van der Waals surface area contributed by atoms with Crippen LogP contribution >= 0.6 is 0 Å². The van der Waals surface area contributed by atoms with Gasteiger partial charge in [-0.3, -0.25) is 0 Å². The van der Waals surface area contributed by atoms with Crippen LogP contribution in [0, 0.1) is 5.92 Å². The van der Waals surface area contributed by atoms with Crippen LogP contribution in [0.4, 0.5) is 0 Å². The Morgan fingerprint density at radius 2 is 1.93 bits per heavy atom. The lowest BCUT2D eigenvalue weighted by Gasteiger charge is -2.19. The maximum absolute atomic E-state index is 5.90. The average molecular weight is 212 g/mol. The number of hydrogen-bond donors (Lipinski definition) is 2. The van der Waals surface area contributed by atoms with Crippen LogP contribution in [-0.4, -0.2) is 18.1 Å². The molecule has 0 aromatic heterocycles. The molecule has 1 rings (SSSR count). The minimum atomic E-state index is 0.449. The van der Waals surface area contributed by atoms with Crippen molar-refractivity contribution < 1.29 is 0 Å². The number of hydrogen-bond acceptors (Lipinski definition) is 2. The highest BCUT2D eigenvalue weighted by atomic mass is 15.0. The summed E-state index contributed by atoms with van der Waals surface area (Å²) in [6.45, 7) is 6.91. The standard InChI is InChI=1S/C13H28N2/c1-10(2)5-4-6-11(3)15-13-8-7-12(14)9-13/h10-13,15H,4-9,14H2,1-3H3. The third-order valence-electron chi connectivity index (χ3n) is 3.41. The summed E-state index contributed by atoms with van der Waals surface area (Å²) < 4.78 is 0. The first-order valence-electron chi connectivity index (χ1n) is 6.59. The van der Waals surface area contributed by atoms with Gasteiger partial charge in [0.1, 0.15) is 0 Å². The molecule has 1 aliphatic carbocycles. The van der Waals surface area contributed by atoms with Gasteiger partial charge in [-0.05, 0) is 38.5 Å². The van der Waals surface area contributed by atoms with Crippen molar-refractivity contribution in [2.75, 3.05) is 0 Å². The Kier molecular flexibility index (Phi) is 5.62. The van der Waals surface area contributed by atoms with Gasteiger partial charge in [0.2, 0.25) is 0 Å². The largest absolute Gasteiger partial charge is 0.328 e. The van der Waals surface area contributed by atoms with Gasteiger partial charge in [0, 0.05) is 18.1 Å². The van der Waals surface area contributed by atoms with E-state index in [0.717, 1.165) is 5.92 Å². The lowest BCUT2D eigenvalue weighted by atomic mass is 10.0. The van der Waals surface area contributed by atoms with Gasteiger partial charge >= 0.3 is 0 Å². The molecular formula is C13H28N2. The van der Waals surface area contributed by atoms with E-state index in [4.69, 9.17) is 5.73 Å². The maximum Gasteiger partial charge on any atom is 0.00848 e. The summed E-state index contributed by atoms with van der Waals surface area (Å²) in [6, 6.07) is 1.80. The first kappa shape index (κ1) is 13.0. The van der Waals surface area contributed by atoms with Gasteiger partial charge in [-0.25, -0.2) is 0 Å². The van der Waals surface area contributed by atoms with Gasteiger partial charge in [0.25, 0.3) is 0 Å². The molecule has 0 amide bonds. The summed E-state index contributed by atoms with van der Waals surface area (Å²) in [6.07, 6.45) is 7.67. The zero-order chi connectivity index (χ0) is 11.3. The van der Waals surface area contributed by atoms with Gasteiger partial charge in [-0.15, -0.1) is 0 Å². The van der Waals surface area contributed by atoms with Crippen molar-refractivity contribution >= 4 is 0 Å². The predicted molar refractivity (Wildman–Crippen MR) is 66.9 cm³/mol. The van der Waals surface area contributed by atoms with Gasteiger partial charge in [-0.2, -0.15) is 0 Å². The Bertz CT molecular complexity index is 168. The highest BCUT2D eigenvalue weighted by Gasteiger charge is 2.22. The Labute approximate surface area is 95.0 Å². The lowest BCUT2D eigenvalue weighted by molar-refractivity contribution is 0.405. The molecular weight excluding hydrogens is 184 g/mol. The maximum atomic E-state index is 5.90. The average Bonchev–Trinajstić information content (AvgIpc) is 2.50. The van der Waals surface area contributed by atoms with E-state index >= 15 is 0 Å². The van der Waals surface area contributed by atoms with Crippen molar-refractivity contribution in [2.24, 2.45) is 11.7 Å². The molecule has 0 radical (unpaired) electrons. The van der Waals surface area contributed by atoms with E-state index in [1.54, 1.807) is 0 Å². The summed E-state index contributed by atoms with van der Waals surface area (Å²) in [5, 5.41) is 3.70. The third-order valence-corrected chi connectivity index (χ3v) is 3.41. The first-order chi connectivity index (χ1) is 7.08. The fraction of sp³-hybridized carbons (Fsp3) is 1.00. The molecule has 3 atom stereocenters. The summed E-state index contributed by atoms with van der Waals surface area (Å²) in [4.78, 5) is 0. The van der Waals surface area contributed by atoms with E-state index in [-0.39, 0.29) is 0 Å². The van der Waals surface area contributed by atoms with E-state index in [1.807, 2.05) is 0 Å². The van der Waals surface area contributed by atoms with Crippen LogP contribution in [0.2, 0.25) is 0 Å². The molecule has 3 N–H and O–H groups in total. The lowest BCUT2D eigenvalue weighted by Crippen LogP contribution is -2.35. The van der Waals surface area contributed by atoms with Gasteiger partial charge < -0.3 is 11.1 Å². The Morgan fingerprint density at radius 1 is 1.20 bits per heavy atom. The van der Waals surface area contributed by atoms with Crippen molar-refractivity contribution in [3.63, 3.8) is 0 Å². The van der Waals surface area contributed by atoms with E-state index in [1.165, 1.54) is 38.5 Å². The van der Waals surface area contributed by atoms with Crippen LogP contribution in [0.3, 0.4) is 0 Å². The van der Waals surface area contributed by atoms with Gasteiger partial charge in [0.05, 0.1) is 0 Å². The monoisotopic (exact) mass is 212 g/mol. The van der Waals surface area contributed by atoms with Crippen LogP contribution in [0.25, 0.3) is 0 Å². The molecule has 0 bridgehead atoms.